The smallest absolute Gasteiger partial charge is 0.173 e. The minimum Gasteiger partial charge on any atom is -0.489 e. The van der Waals surface area contributed by atoms with Crippen molar-refractivity contribution in [1.82, 2.24) is 0 Å². The number of hydrogen-bond acceptors (Lipinski definition) is 3. The van der Waals surface area contributed by atoms with Gasteiger partial charge in [-0.25, -0.2) is 4.39 Å². The summed E-state index contributed by atoms with van der Waals surface area (Å²) in [6.07, 6.45) is 4.13. The van der Waals surface area contributed by atoms with Crippen LogP contribution in [-0.2, 0) is 6.42 Å². The minimum absolute atomic E-state index is 0.109. The van der Waals surface area contributed by atoms with Gasteiger partial charge in [-0.1, -0.05) is 31.4 Å². The van der Waals surface area contributed by atoms with Crippen molar-refractivity contribution >= 4 is 11.6 Å². The van der Waals surface area contributed by atoms with Crippen molar-refractivity contribution in [2.24, 2.45) is 5.73 Å². The molecule has 1 aromatic carbocycles. The third-order valence-corrected chi connectivity index (χ3v) is 3.68. The van der Waals surface area contributed by atoms with Gasteiger partial charge >= 0.3 is 0 Å². The van der Waals surface area contributed by atoms with Gasteiger partial charge in [0.25, 0.3) is 0 Å². The lowest BCUT2D eigenvalue weighted by Gasteiger charge is -2.21. The number of halogens is 2. The van der Waals surface area contributed by atoms with Crippen LogP contribution in [0.2, 0.25) is 5.02 Å². The molecule has 3 N–H and O–H groups in total. The molecule has 0 saturated heterocycles. The fraction of sp³-hybridized carbons (Fsp3) is 0.625. The van der Waals surface area contributed by atoms with E-state index >= 15 is 0 Å². The van der Waals surface area contributed by atoms with Gasteiger partial charge in [0, 0.05) is 5.54 Å². The Hall–Kier alpha value is -0.840. The molecule has 0 aliphatic rings. The zero-order valence-electron chi connectivity index (χ0n) is 12.8. The van der Waals surface area contributed by atoms with E-state index in [-0.39, 0.29) is 17.4 Å². The van der Waals surface area contributed by atoms with E-state index in [1.807, 2.05) is 0 Å². The van der Waals surface area contributed by atoms with E-state index in [2.05, 4.69) is 6.92 Å². The van der Waals surface area contributed by atoms with Gasteiger partial charge in [-0.15, -0.1) is 0 Å². The molecule has 5 heteroatoms. The lowest BCUT2D eigenvalue weighted by Crippen LogP contribution is -2.40. The molecule has 0 aromatic heterocycles. The average Bonchev–Trinajstić information content (AvgIpc) is 2.44. The summed E-state index contributed by atoms with van der Waals surface area (Å²) in [6, 6.07) is 3.13. The molecule has 0 saturated carbocycles. The first kappa shape index (κ1) is 18.2. The predicted octanol–water partition coefficient (Wildman–Crippen LogP) is 3.69. The molecule has 0 aliphatic heterocycles. The summed E-state index contributed by atoms with van der Waals surface area (Å²) < 4.78 is 19.5. The Balaban J connectivity index is 2.66. The predicted molar refractivity (Wildman–Crippen MR) is 84.4 cm³/mol. The number of rotatable bonds is 9. The van der Waals surface area contributed by atoms with Crippen molar-refractivity contribution in [2.45, 2.75) is 51.5 Å². The highest BCUT2D eigenvalue weighted by Gasteiger charge is 2.18. The minimum atomic E-state index is -0.668. The highest BCUT2D eigenvalue weighted by atomic mass is 35.5. The SMILES string of the molecule is CCCCCOc1c(F)cc(CC[C@@](C)(N)CO)cc1Cl. The number of nitrogens with two attached hydrogens (primary N) is 1. The molecular weight excluding hydrogens is 293 g/mol. The fourth-order valence-corrected chi connectivity index (χ4v) is 2.21. The zero-order chi connectivity index (χ0) is 15.9. The Bertz CT molecular complexity index is 429. The average molecular weight is 318 g/mol. The number of aliphatic hydroxyl groups excluding tert-OH is 1. The van der Waals surface area contributed by atoms with Crippen molar-refractivity contribution in [3.05, 3.63) is 28.5 Å². The maximum Gasteiger partial charge on any atom is 0.173 e. The summed E-state index contributed by atoms with van der Waals surface area (Å²) in [5.74, 6) is -0.328. The Kier molecular flexibility index (Phi) is 7.43. The van der Waals surface area contributed by atoms with Crippen molar-refractivity contribution in [1.29, 1.82) is 0 Å². The van der Waals surface area contributed by atoms with E-state index in [1.165, 1.54) is 6.07 Å². The molecule has 1 aromatic rings. The highest BCUT2D eigenvalue weighted by Crippen LogP contribution is 2.30. The summed E-state index contributed by atoms with van der Waals surface area (Å²) in [4.78, 5) is 0. The van der Waals surface area contributed by atoms with Crippen molar-refractivity contribution in [3.63, 3.8) is 0 Å². The Labute approximate surface area is 131 Å². The summed E-state index contributed by atoms with van der Waals surface area (Å²) in [7, 11) is 0. The first-order chi connectivity index (χ1) is 9.89. The van der Waals surface area contributed by atoms with Gasteiger partial charge in [-0.05, 0) is 43.9 Å². The number of aryl methyl sites for hydroxylation is 1. The summed E-state index contributed by atoms with van der Waals surface area (Å²) in [6.45, 7) is 4.22. The second kappa shape index (κ2) is 8.57. The molecule has 0 unspecified atom stereocenters. The van der Waals surface area contributed by atoms with Crippen LogP contribution in [0.3, 0.4) is 0 Å². The first-order valence-corrected chi connectivity index (χ1v) is 7.78. The fourth-order valence-electron chi connectivity index (χ4n) is 1.93. The topological polar surface area (TPSA) is 55.5 Å². The first-order valence-electron chi connectivity index (χ1n) is 7.40. The van der Waals surface area contributed by atoms with Crippen molar-refractivity contribution in [2.75, 3.05) is 13.2 Å². The molecule has 0 amide bonds. The van der Waals surface area contributed by atoms with Crippen LogP contribution in [0.1, 0.15) is 45.1 Å². The van der Waals surface area contributed by atoms with Crippen LogP contribution in [0.4, 0.5) is 4.39 Å². The van der Waals surface area contributed by atoms with Gasteiger partial charge in [-0.3, -0.25) is 0 Å². The molecular formula is C16H25ClFNO2. The zero-order valence-corrected chi connectivity index (χ0v) is 13.5. The Morgan fingerprint density at radius 1 is 1.38 bits per heavy atom. The van der Waals surface area contributed by atoms with Crippen LogP contribution < -0.4 is 10.5 Å². The lowest BCUT2D eigenvalue weighted by atomic mass is 9.95. The van der Waals surface area contributed by atoms with E-state index in [9.17, 15) is 4.39 Å². The van der Waals surface area contributed by atoms with Gasteiger partial charge < -0.3 is 15.6 Å². The molecule has 0 bridgehead atoms. The molecule has 1 rings (SSSR count). The van der Waals surface area contributed by atoms with Crippen LogP contribution in [0.15, 0.2) is 12.1 Å². The molecule has 0 heterocycles. The van der Waals surface area contributed by atoms with Crippen LogP contribution in [0, 0.1) is 5.82 Å². The quantitative estimate of drug-likeness (QED) is 0.683. The molecule has 0 radical (unpaired) electrons. The number of ether oxygens (including phenoxy) is 1. The molecule has 1 atom stereocenters. The number of benzene rings is 1. The van der Waals surface area contributed by atoms with Crippen LogP contribution in [0.25, 0.3) is 0 Å². The molecule has 0 aliphatic carbocycles. The highest BCUT2D eigenvalue weighted by molar-refractivity contribution is 6.32. The Morgan fingerprint density at radius 3 is 2.67 bits per heavy atom. The number of aliphatic hydroxyl groups is 1. The van der Waals surface area contributed by atoms with Gasteiger partial charge in [0.15, 0.2) is 11.6 Å². The van der Waals surface area contributed by atoms with E-state index in [1.54, 1.807) is 13.0 Å². The Morgan fingerprint density at radius 2 is 2.10 bits per heavy atom. The number of unbranched alkanes of at least 4 members (excludes halogenated alkanes) is 2. The van der Waals surface area contributed by atoms with Gasteiger partial charge in [0.1, 0.15) is 0 Å². The molecule has 0 fully saturated rings. The molecule has 21 heavy (non-hydrogen) atoms. The third kappa shape index (κ3) is 6.20. The maximum absolute atomic E-state index is 14.0. The second-order valence-corrected chi connectivity index (χ2v) is 6.16. The third-order valence-electron chi connectivity index (χ3n) is 3.40. The van der Waals surface area contributed by atoms with Crippen LogP contribution in [0.5, 0.6) is 5.75 Å². The second-order valence-electron chi connectivity index (χ2n) is 5.76. The van der Waals surface area contributed by atoms with E-state index in [0.29, 0.717) is 19.4 Å². The standard InChI is InChI=1S/C16H25ClFNO2/c1-3-4-5-8-21-15-13(17)9-12(10-14(15)18)6-7-16(2,19)11-20/h9-10,20H,3-8,11,19H2,1-2H3/t16-/m1/s1. The largest absolute Gasteiger partial charge is 0.489 e. The summed E-state index contributed by atoms with van der Waals surface area (Å²) >= 11 is 6.09. The monoisotopic (exact) mass is 317 g/mol. The van der Waals surface area contributed by atoms with E-state index in [0.717, 1.165) is 24.8 Å². The molecule has 3 nitrogen and oxygen atoms in total. The van der Waals surface area contributed by atoms with Gasteiger partial charge in [0.05, 0.1) is 18.2 Å². The van der Waals surface area contributed by atoms with Crippen molar-refractivity contribution < 1.29 is 14.2 Å². The summed E-state index contributed by atoms with van der Waals surface area (Å²) in [5.41, 5.74) is 5.95. The normalized spacial score (nSPS) is 14.0. The van der Waals surface area contributed by atoms with Gasteiger partial charge in [0.2, 0.25) is 0 Å². The van der Waals surface area contributed by atoms with Gasteiger partial charge in [-0.2, -0.15) is 0 Å². The maximum atomic E-state index is 14.0. The van der Waals surface area contributed by atoms with Crippen LogP contribution in [-0.4, -0.2) is 23.9 Å². The lowest BCUT2D eigenvalue weighted by molar-refractivity contribution is 0.200. The molecule has 120 valence electrons. The summed E-state index contributed by atoms with van der Waals surface area (Å²) in [5, 5.41) is 9.40. The van der Waals surface area contributed by atoms with Crippen LogP contribution >= 0.6 is 11.6 Å². The van der Waals surface area contributed by atoms with E-state index < -0.39 is 11.4 Å². The number of hydrogen-bond donors (Lipinski definition) is 2. The van der Waals surface area contributed by atoms with Crippen molar-refractivity contribution in [3.8, 4) is 5.75 Å². The molecule has 0 spiro atoms. The van der Waals surface area contributed by atoms with E-state index in [4.69, 9.17) is 27.2 Å².